The van der Waals surface area contributed by atoms with Gasteiger partial charge in [-0.25, -0.2) is 13.2 Å². The number of methoxy groups -OCH3 is 2. The van der Waals surface area contributed by atoms with Crippen molar-refractivity contribution >= 4 is 16.0 Å². The van der Waals surface area contributed by atoms with Crippen molar-refractivity contribution in [3.63, 3.8) is 0 Å². The van der Waals surface area contributed by atoms with Crippen LogP contribution in [0.1, 0.15) is 10.4 Å². The third kappa shape index (κ3) is 3.13. The van der Waals surface area contributed by atoms with E-state index in [9.17, 15) is 13.2 Å². The zero-order valence-corrected chi connectivity index (χ0v) is 11.3. The van der Waals surface area contributed by atoms with Crippen LogP contribution in [-0.2, 0) is 14.9 Å². The minimum Gasteiger partial charge on any atom is -0.493 e. The van der Waals surface area contributed by atoms with E-state index in [4.69, 9.17) is 14.6 Å². The molecule has 0 spiro atoms. The molecular formula is C10H13NO7S. The lowest BCUT2D eigenvalue weighted by Crippen LogP contribution is -2.22. The summed E-state index contributed by atoms with van der Waals surface area (Å²) in [5.41, 5.74) is -0.335. The number of carbonyl (C=O) groups is 1. The second-order valence-corrected chi connectivity index (χ2v) is 4.95. The van der Waals surface area contributed by atoms with Crippen molar-refractivity contribution in [3.05, 3.63) is 17.7 Å². The summed E-state index contributed by atoms with van der Waals surface area (Å²) in [4.78, 5) is 16.9. The monoisotopic (exact) mass is 291 g/mol. The van der Waals surface area contributed by atoms with Gasteiger partial charge in [-0.1, -0.05) is 4.89 Å². The van der Waals surface area contributed by atoms with Gasteiger partial charge in [0.25, 0.3) is 10.0 Å². The highest BCUT2D eigenvalue weighted by molar-refractivity contribution is 7.89. The standard InChI is InChI=1S/C10H13NO7S/c1-16-8-5-6(19(14,15)11-18-3)4-7(10(12)13)9(8)17-2/h4-5,11H,1-3H3,(H,12,13). The number of rotatable bonds is 6. The molecule has 9 heteroatoms. The van der Waals surface area contributed by atoms with Crippen LogP contribution in [0.15, 0.2) is 17.0 Å². The third-order valence-corrected chi connectivity index (χ3v) is 3.43. The molecule has 0 bridgehead atoms. The number of aromatic carboxylic acids is 1. The van der Waals surface area contributed by atoms with E-state index in [-0.39, 0.29) is 22.0 Å². The first kappa shape index (κ1) is 15.2. The number of carboxylic acids is 1. The van der Waals surface area contributed by atoms with E-state index in [0.29, 0.717) is 0 Å². The van der Waals surface area contributed by atoms with E-state index in [1.54, 1.807) is 4.89 Å². The number of hydrogen-bond donors (Lipinski definition) is 2. The summed E-state index contributed by atoms with van der Waals surface area (Å²) in [6.45, 7) is 0. The van der Waals surface area contributed by atoms with Crippen molar-refractivity contribution < 1.29 is 32.6 Å². The van der Waals surface area contributed by atoms with Gasteiger partial charge in [0.2, 0.25) is 0 Å². The van der Waals surface area contributed by atoms with E-state index in [1.807, 2.05) is 0 Å². The van der Waals surface area contributed by atoms with Crippen molar-refractivity contribution in [1.82, 2.24) is 4.89 Å². The van der Waals surface area contributed by atoms with Gasteiger partial charge >= 0.3 is 5.97 Å². The smallest absolute Gasteiger partial charge is 0.339 e. The lowest BCUT2D eigenvalue weighted by atomic mass is 10.2. The molecule has 1 rings (SSSR count). The Morgan fingerprint density at radius 1 is 1.21 bits per heavy atom. The Hall–Kier alpha value is -1.84. The minimum absolute atomic E-state index is 0.0149. The van der Waals surface area contributed by atoms with Crippen LogP contribution in [0.3, 0.4) is 0 Å². The summed E-state index contributed by atoms with van der Waals surface area (Å²) in [7, 11) is -0.350. The van der Waals surface area contributed by atoms with Crippen LogP contribution in [0, 0.1) is 0 Å². The van der Waals surface area contributed by atoms with Crippen molar-refractivity contribution in [2.24, 2.45) is 0 Å². The zero-order valence-electron chi connectivity index (χ0n) is 10.5. The molecule has 1 aromatic rings. The largest absolute Gasteiger partial charge is 0.493 e. The molecular weight excluding hydrogens is 278 g/mol. The molecule has 0 saturated heterocycles. The highest BCUT2D eigenvalue weighted by Gasteiger charge is 2.23. The Balaban J connectivity index is 3.54. The van der Waals surface area contributed by atoms with E-state index in [1.165, 1.54) is 14.2 Å². The van der Waals surface area contributed by atoms with Gasteiger partial charge in [-0.3, -0.25) is 4.84 Å². The third-order valence-electron chi connectivity index (χ3n) is 2.19. The first-order valence-corrected chi connectivity index (χ1v) is 6.39. The lowest BCUT2D eigenvalue weighted by Gasteiger charge is -2.13. The molecule has 0 fully saturated rings. The highest BCUT2D eigenvalue weighted by Crippen LogP contribution is 2.34. The topological polar surface area (TPSA) is 111 Å². The van der Waals surface area contributed by atoms with E-state index < -0.39 is 16.0 Å². The summed E-state index contributed by atoms with van der Waals surface area (Å²) in [6, 6.07) is 2.08. The van der Waals surface area contributed by atoms with E-state index >= 15 is 0 Å². The SMILES string of the molecule is CONS(=O)(=O)c1cc(OC)c(OC)c(C(=O)O)c1. The van der Waals surface area contributed by atoms with Crippen molar-refractivity contribution in [2.45, 2.75) is 4.90 Å². The number of ether oxygens (including phenoxy) is 2. The number of nitrogens with one attached hydrogen (secondary N) is 1. The molecule has 0 aliphatic carbocycles. The molecule has 0 saturated carbocycles. The molecule has 0 amide bonds. The molecule has 0 heterocycles. The highest BCUT2D eigenvalue weighted by atomic mass is 32.2. The molecule has 0 atom stereocenters. The van der Waals surface area contributed by atoms with Crippen molar-refractivity contribution in [3.8, 4) is 11.5 Å². The Labute approximate surface area is 109 Å². The number of hydrogen-bond acceptors (Lipinski definition) is 6. The second kappa shape index (κ2) is 5.87. The maximum atomic E-state index is 11.7. The second-order valence-electron chi connectivity index (χ2n) is 3.30. The molecule has 0 aliphatic rings. The molecule has 0 radical (unpaired) electrons. The molecule has 19 heavy (non-hydrogen) atoms. The first-order valence-electron chi connectivity index (χ1n) is 4.91. The first-order chi connectivity index (χ1) is 8.87. The van der Waals surface area contributed by atoms with Crippen molar-refractivity contribution in [1.29, 1.82) is 0 Å². The van der Waals surface area contributed by atoms with Gasteiger partial charge in [0.15, 0.2) is 11.5 Å². The quantitative estimate of drug-likeness (QED) is 0.722. The van der Waals surface area contributed by atoms with Crippen LogP contribution in [0.25, 0.3) is 0 Å². The van der Waals surface area contributed by atoms with Gasteiger partial charge < -0.3 is 14.6 Å². The Morgan fingerprint density at radius 3 is 2.26 bits per heavy atom. The molecule has 0 unspecified atom stereocenters. The molecule has 1 aromatic carbocycles. The maximum absolute atomic E-state index is 11.7. The maximum Gasteiger partial charge on any atom is 0.339 e. The number of carboxylic acid groups (broad SMARTS) is 1. The van der Waals surface area contributed by atoms with Gasteiger partial charge in [0.05, 0.1) is 26.2 Å². The summed E-state index contributed by atoms with van der Waals surface area (Å²) in [5, 5.41) is 9.05. The minimum atomic E-state index is -4.00. The van der Waals surface area contributed by atoms with Gasteiger partial charge in [-0.2, -0.15) is 0 Å². The summed E-state index contributed by atoms with van der Waals surface area (Å²) in [5.74, 6) is -1.42. The van der Waals surface area contributed by atoms with Gasteiger partial charge in [0.1, 0.15) is 5.56 Å². The fourth-order valence-corrected chi connectivity index (χ4v) is 2.26. The molecule has 0 aliphatic heterocycles. The lowest BCUT2D eigenvalue weighted by molar-refractivity contribution is 0.0692. The van der Waals surface area contributed by atoms with E-state index in [0.717, 1.165) is 19.2 Å². The summed E-state index contributed by atoms with van der Waals surface area (Å²) in [6.07, 6.45) is 0. The number of benzene rings is 1. The average Bonchev–Trinajstić information content (AvgIpc) is 2.36. The van der Waals surface area contributed by atoms with Gasteiger partial charge in [-0.15, -0.1) is 0 Å². The summed E-state index contributed by atoms with van der Waals surface area (Å²) >= 11 is 0. The average molecular weight is 291 g/mol. The van der Waals surface area contributed by atoms with Crippen LogP contribution in [0.4, 0.5) is 0 Å². The normalized spacial score (nSPS) is 11.1. The number of sulfonamides is 1. The van der Waals surface area contributed by atoms with Crippen LogP contribution in [0.5, 0.6) is 11.5 Å². The Kier molecular flexibility index (Phi) is 4.70. The molecule has 0 aromatic heterocycles. The Bertz CT molecular complexity index is 582. The van der Waals surface area contributed by atoms with Crippen LogP contribution in [-0.4, -0.2) is 40.8 Å². The van der Waals surface area contributed by atoms with Gasteiger partial charge in [0, 0.05) is 6.07 Å². The predicted molar refractivity (Wildman–Crippen MR) is 63.8 cm³/mol. The molecule has 2 N–H and O–H groups in total. The van der Waals surface area contributed by atoms with Crippen LogP contribution in [0.2, 0.25) is 0 Å². The fourth-order valence-electron chi connectivity index (χ4n) is 1.41. The van der Waals surface area contributed by atoms with Crippen molar-refractivity contribution in [2.75, 3.05) is 21.3 Å². The van der Waals surface area contributed by atoms with Crippen LogP contribution < -0.4 is 14.4 Å². The van der Waals surface area contributed by atoms with Crippen LogP contribution >= 0.6 is 0 Å². The summed E-state index contributed by atoms with van der Waals surface area (Å²) < 4.78 is 33.3. The zero-order chi connectivity index (χ0) is 14.6. The fraction of sp³-hybridized carbons (Fsp3) is 0.300. The predicted octanol–water partition coefficient (Wildman–Crippen LogP) is 0.242. The molecule has 106 valence electrons. The van der Waals surface area contributed by atoms with Gasteiger partial charge in [-0.05, 0) is 6.07 Å². The molecule has 8 nitrogen and oxygen atoms in total. The van der Waals surface area contributed by atoms with E-state index in [2.05, 4.69) is 4.84 Å². The Morgan fingerprint density at radius 2 is 1.84 bits per heavy atom.